The highest BCUT2D eigenvalue weighted by molar-refractivity contribution is 7.85. The third-order valence-electron chi connectivity index (χ3n) is 1.38. The SMILES string of the molecule is CC(=O)C1=C(C)OS(=O)(=O)NC1=O. The molecule has 0 unspecified atom stereocenters. The zero-order valence-electron chi connectivity index (χ0n) is 6.95. The van der Waals surface area contributed by atoms with Crippen molar-refractivity contribution in [2.45, 2.75) is 13.8 Å². The summed E-state index contributed by atoms with van der Waals surface area (Å²) in [4.78, 5) is 21.8. The van der Waals surface area contributed by atoms with Gasteiger partial charge >= 0.3 is 10.3 Å². The molecule has 0 aromatic rings. The fourth-order valence-electron chi connectivity index (χ4n) is 0.959. The second kappa shape index (κ2) is 2.84. The number of carbonyl (C=O) groups excluding carboxylic acids is 2. The minimum atomic E-state index is -4.06. The average molecular weight is 205 g/mol. The van der Waals surface area contributed by atoms with E-state index in [0.717, 1.165) is 6.92 Å². The minimum Gasteiger partial charge on any atom is -0.371 e. The van der Waals surface area contributed by atoms with E-state index in [0.29, 0.717) is 0 Å². The second-order valence-corrected chi connectivity index (χ2v) is 3.74. The van der Waals surface area contributed by atoms with E-state index < -0.39 is 22.0 Å². The Kier molecular flexibility index (Phi) is 2.12. The molecule has 0 aromatic heterocycles. The topological polar surface area (TPSA) is 89.5 Å². The van der Waals surface area contributed by atoms with Crippen molar-refractivity contribution in [1.29, 1.82) is 0 Å². The molecule has 0 aliphatic carbocycles. The molecule has 0 fully saturated rings. The first kappa shape index (κ1) is 9.72. The molecular formula is C6H7NO5S. The van der Waals surface area contributed by atoms with Crippen LogP contribution in [0.25, 0.3) is 0 Å². The molecule has 13 heavy (non-hydrogen) atoms. The van der Waals surface area contributed by atoms with Gasteiger partial charge in [-0.05, 0) is 13.8 Å². The maximum absolute atomic E-state index is 11.0. The molecule has 1 aliphatic rings. The number of ketones is 1. The monoisotopic (exact) mass is 205 g/mol. The minimum absolute atomic E-state index is 0.198. The lowest BCUT2D eigenvalue weighted by atomic mass is 10.1. The molecule has 6 nitrogen and oxygen atoms in total. The molecular weight excluding hydrogens is 198 g/mol. The van der Waals surface area contributed by atoms with Gasteiger partial charge in [0.15, 0.2) is 5.78 Å². The first-order valence-electron chi connectivity index (χ1n) is 3.32. The van der Waals surface area contributed by atoms with Crippen LogP contribution in [0.2, 0.25) is 0 Å². The van der Waals surface area contributed by atoms with Gasteiger partial charge in [-0.1, -0.05) is 0 Å². The number of rotatable bonds is 1. The van der Waals surface area contributed by atoms with E-state index in [1.54, 1.807) is 4.72 Å². The number of nitrogens with one attached hydrogen (secondary N) is 1. The smallest absolute Gasteiger partial charge is 0.371 e. The molecule has 0 bridgehead atoms. The Morgan fingerprint density at radius 2 is 2.00 bits per heavy atom. The van der Waals surface area contributed by atoms with Crippen molar-refractivity contribution in [3.63, 3.8) is 0 Å². The summed E-state index contributed by atoms with van der Waals surface area (Å²) in [6, 6.07) is 0. The van der Waals surface area contributed by atoms with E-state index in [4.69, 9.17) is 0 Å². The van der Waals surface area contributed by atoms with Crippen LogP contribution in [0.4, 0.5) is 0 Å². The van der Waals surface area contributed by atoms with Crippen LogP contribution < -0.4 is 4.72 Å². The van der Waals surface area contributed by atoms with Crippen molar-refractivity contribution in [2.75, 3.05) is 0 Å². The Morgan fingerprint density at radius 3 is 2.38 bits per heavy atom. The number of hydrogen-bond acceptors (Lipinski definition) is 5. The fourth-order valence-corrected chi connectivity index (χ4v) is 1.74. The lowest BCUT2D eigenvalue weighted by Crippen LogP contribution is -2.39. The summed E-state index contributed by atoms with van der Waals surface area (Å²) in [6.45, 7) is 2.40. The third-order valence-corrected chi connectivity index (χ3v) is 2.29. The maximum Gasteiger partial charge on any atom is 0.409 e. The van der Waals surface area contributed by atoms with Crippen LogP contribution in [0.5, 0.6) is 0 Å². The van der Waals surface area contributed by atoms with Crippen LogP contribution in [-0.2, 0) is 24.1 Å². The fraction of sp³-hybridized carbons (Fsp3) is 0.333. The van der Waals surface area contributed by atoms with Crippen LogP contribution in [0.1, 0.15) is 13.8 Å². The summed E-state index contributed by atoms with van der Waals surface area (Å²) in [5, 5.41) is 0. The van der Waals surface area contributed by atoms with E-state index >= 15 is 0 Å². The largest absolute Gasteiger partial charge is 0.409 e. The third kappa shape index (κ3) is 1.86. The van der Waals surface area contributed by atoms with Crippen LogP contribution >= 0.6 is 0 Å². The van der Waals surface area contributed by atoms with Crippen LogP contribution in [0.3, 0.4) is 0 Å². The van der Waals surface area contributed by atoms with Crippen molar-refractivity contribution in [2.24, 2.45) is 0 Å². The van der Waals surface area contributed by atoms with Gasteiger partial charge in [0.25, 0.3) is 5.91 Å². The number of carbonyl (C=O) groups is 2. The van der Waals surface area contributed by atoms with Crippen LogP contribution in [-0.4, -0.2) is 20.1 Å². The molecule has 0 aromatic carbocycles. The van der Waals surface area contributed by atoms with Gasteiger partial charge in [-0.25, -0.2) is 4.72 Å². The molecule has 72 valence electrons. The van der Waals surface area contributed by atoms with Gasteiger partial charge in [0, 0.05) is 0 Å². The second-order valence-electron chi connectivity index (χ2n) is 2.46. The van der Waals surface area contributed by atoms with Gasteiger partial charge in [-0.3, -0.25) is 9.59 Å². The Bertz CT molecular complexity index is 405. The van der Waals surface area contributed by atoms with Crippen molar-refractivity contribution < 1.29 is 22.2 Å². The molecule has 1 aliphatic heterocycles. The number of Topliss-reactive ketones (excluding diaryl/α,β-unsaturated/α-hetero) is 1. The van der Waals surface area contributed by atoms with Gasteiger partial charge in [0.2, 0.25) is 0 Å². The molecule has 1 amide bonds. The van der Waals surface area contributed by atoms with Gasteiger partial charge < -0.3 is 4.18 Å². The van der Waals surface area contributed by atoms with Crippen LogP contribution in [0, 0.1) is 0 Å². The van der Waals surface area contributed by atoms with Gasteiger partial charge in [0.1, 0.15) is 11.3 Å². The van der Waals surface area contributed by atoms with E-state index in [9.17, 15) is 18.0 Å². The molecule has 1 N–H and O–H groups in total. The first-order chi connectivity index (χ1) is 5.83. The highest BCUT2D eigenvalue weighted by atomic mass is 32.2. The van der Waals surface area contributed by atoms with E-state index in [1.165, 1.54) is 6.92 Å². The standard InChI is InChI=1S/C6H7NO5S/c1-3(8)5-4(2)12-13(10,11)7-6(5)9/h1-2H3,(H,7,9). The number of allylic oxidation sites excluding steroid dienone is 1. The predicted octanol–water partition coefficient (Wildman–Crippen LogP) is -0.759. The summed E-state index contributed by atoms with van der Waals surface area (Å²) in [7, 11) is -4.06. The molecule has 0 radical (unpaired) electrons. The lowest BCUT2D eigenvalue weighted by Gasteiger charge is -2.16. The molecule has 1 heterocycles. The van der Waals surface area contributed by atoms with E-state index in [-0.39, 0.29) is 11.3 Å². The zero-order chi connectivity index (χ0) is 10.2. The number of hydrogen-bond donors (Lipinski definition) is 1. The Hall–Kier alpha value is -1.37. The van der Waals surface area contributed by atoms with Crippen molar-refractivity contribution in [1.82, 2.24) is 4.72 Å². The van der Waals surface area contributed by atoms with Crippen molar-refractivity contribution in [3.8, 4) is 0 Å². The highest BCUT2D eigenvalue weighted by Gasteiger charge is 2.31. The Balaban J connectivity index is 3.24. The van der Waals surface area contributed by atoms with Gasteiger partial charge in [-0.15, -0.1) is 0 Å². The summed E-state index contributed by atoms with van der Waals surface area (Å²) in [6.07, 6.45) is 0. The predicted molar refractivity (Wildman–Crippen MR) is 41.5 cm³/mol. The molecule has 0 saturated heterocycles. The number of amides is 1. The Labute approximate surface area is 74.8 Å². The molecule has 0 saturated carbocycles. The van der Waals surface area contributed by atoms with Gasteiger partial charge in [0.05, 0.1) is 0 Å². The van der Waals surface area contributed by atoms with E-state index in [1.807, 2.05) is 0 Å². The summed E-state index contributed by atoms with van der Waals surface area (Å²) >= 11 is 0. The molecule has 1 rings (SSSR count). The van der Waals surface area contributed by atoms with E-state index in [2.05, 4.69) is 4.18 Å². The normalized spacial score (nSPS) is 20.6. The first-order valence-corrected chi connectivity index (χ1v) is 4.72. The molecule has 0 atom stereocenters. The summed E-state index contributed by atoms with van der Waals surface area (Å²) in [5.74, 6) is -1.68. The highest BCUT2D eigenvalue weighted by Crippen LogP contribution is 2.15. The molecule has 7 heteroatoms. The quantitative estimate of drug-likeness (QED) is 0.568. The zero-order valence-corrected chi connectivity index (χ0v) is 7.77. The van der Waals surface area contributed by atoms with Crippen molar-refractivity contribution in [3.05, 3.63) is 11.3 Å². The van der Waals surface area contributed by atoms with Crippen LogP contribution in [0.15, 0.2) is 11.3 Å². The summed E-state index contributed by atoms with van der Waals surface area (Å²) in [5.41, 5.74) is -0.269. The maximum atomic E-state index is 11.0. The lowest BCUT2D eigenvalue weighted by molar-refractivity contribution is -0.121. The molecule has 0 spiro atoms. The van der Waals surface area contributed by atoms with Crippen molar-refractivity contribution >= 4 is 22.0 Å². The Morgan fingerprint density at radius 1 is 1.46 bits per heavy atom. The van der Waals surface area contributed by atoms with Gasteiger partial charge in [-0.2, -0.15) is 8.42 Å². The average Bonchev–Trinajstić information content (AvgIpc) is 1.78. The summed E-state index contributed by atoms with van der Waals surface area (Å²) < 4.78 is 27.3.